The molecule has 0 radical (unpaired) electrons. The lowest BCUT2D eigenvalue weighted by Crippen LogP contribution is -2.14. The summed E-state index contributed by atoms with van der Waals surface area (Å²) in [5.41, 5.74) is 0.443. The second-order valence-corrected chi connectivity index (χ2v) is 6.53. The average molecular weight is 350 g/mol. The topological polar surface area (TPSA) is 83.0 Å². The molecule has 0 saturated carbocycles. The van der Waals surface area contributed by atoms with Crippen LogP contribution < -0.4 is 10.3 Å². The molecule has 124 valence electrons. The Hall–Kier alpha value is -3.17. The molecule has 0 fully saturated rings. The van der Waals surface area contributed by atoms with Crippen LogP contribution in [0.25, 0.3) is 11.1 Å². The minimum Gasteiger partial charge on any atom is -0.457 e. The second-order valence-electron chi connectivity index (χ2n) is 5.21. The standard InChI is InChI=1S/C19H14N2O3S/c1-25(23)18-15(11-20)19(22)21-12-16(18)14-9-5-6-10-17(14)24-13-7-3-2-4-8-13/h2-10,12H,1H3,(H,21,22). The third-order valence-electron chi connectivity index (χ3n) is 3.59. The summed E-state index contributed by atoms with van der Waals surface area (Å²) in [4.78, 5) is 14.6. The van der Waals surface area contributed by atoms with Crippen LogP contribution >= 0.6 is 0 Å². The van der Waals surface area contributed by atoms with Gasteiger partial charge in [0.15, 0.2) is 0 Å². The molecular weight excluding hydrogens is 336 g/mol. The molecule has 2 aromatic carbocycles. The smallest absolute Gasteiger partial charge is 0.267 e. The van der Waals surface area contributed by atoms with E-state index in [0.29, 0.717) is 22.6 Å². The zero-order valence-corrected chi connectivity index (χ0v) is 14.2. The minimum absolute atomic E-state index is 0.146. The predicted molar refractivity (Wildman–Crippen MR) is 96.1 cm³/mol. The Kier molecular flexibility index (Phi) is 4.78. The molecule has 5 nitrogen and oxygen atoms in total. The first kappa shape index (κ1) is 16.7. The number of benzene rings is 2. The highest BCUT2D eigenvalue weighted by molar-refractivity contribution is 7.84. The first-order chi connectivity index (χ1) is 12.1. The third-order valence-corrected chi connectivity index (χ3v) is 4.59. The lowest BCUT2D eigenvalue weighted by Gasteiger charge is -2.14. The molecule has 1 atom stereocenters. The summed E-state index contributed by atoms with van der Waals surface area (Å²) < 4.78 is 18.1. The van der Waals surface area contributed by atoms with E-state index in [9.17, 15) is 14.3 Å². The van der Waals surface area contributed by atoms with Gasteiger partial charge in [-0.05, 0) is 18.2 Å². The minimum atomic E-state index is -1.52. The lowest BCUT2D eigenvalue weighted by atomic mass is 10.0. The van der Waals surface area contributed by atoms with Crippen molar-refractivity contribution in [2.45, 2.75) is 4.90 Å². The molecule has 1 unspecified atom stereocenters. The fourth-order valence-electron chi connectivity index (χ4n) is 2.51. The highest BCUT2D eigenvalue weighted by Gasteiger charge is 2.19. The SMILES string of the molecule is CS(=O)c1c(-c2ccccc2Oc2ccccc2)c[nH]c(=O)c1C#N. The number of hydrogen-bond acceptors (Lipinski definition) is 4. The van der Waals surface area contributed by atoms with E-state index >= 15 is 0 Å². The molecule has 6 heteroatoms. The number of aromatic nitrogens is 1. The zero-order chi connectivity index (χ0) is 17.8. The van der Waals surface area contributed by atoms with Crippen molar-refractivity contribution in [3.05, 3.63) is 76.7 Å². The number of nitriles is 1. The number of para-hydroxylation sites is 2. The van der Waals surface area contributed by atoms with Crippen molar-refractivity contribution in [2.75, 3.05) is 6.26 Å². The molecule has 1 N–H and O–H groups in total. The monoisotopic (exact) mass is 350 g/mol. The number of rotatable bonds is 4. The number of aromatic amines is 1. The van der Waals surface area contributed by atoms with Gasteiger partial charge in [0.2, 0.25) is 0 Å². The van der Waals surface area contributed by atoms with Crippen LogP contribution in [-0.4, -0.2) is 15.4 Å². The predicted octanol–water partition coefficient (Wildman–Crippen LogP) is 3.44. The van der Waals surface area contributed by atoms with E-state index in [1.54, 1.807) is 12.1 Å². The van der Waals surface area contributed by atoms with Crippen molar-refractivity contribution in [3.63, 3.8) is 0 Å². The Balaban J connectivity index is 2.20. The highest BCUT2D eigenvalue weighted by Crippen LogP contribution is 2.36. The molecule has 0 aliphatic rings. The van der Waals surface area contributed by atoms with Crippen LogP contribution in [0, 0.1) is 11.3 Å². The van der Waals surface area contributed by atoms with Crippen LogP contribution in [0.15, 0.2) is 70.5 Å². The van der Waals surface area contributed by atoms with Crippen LogP contribution in [0.3, 0.4) is 0 Å². The van der Waals surface area contributed by atoms with Gasteiger partial charge < -0.3 is 9.72 Å². The van der Waals surface area contributed by atoms with Crippen molar-refractivity contribution in [1.82, 2.24) is 4.98 Å². The van der Waals surface area contributed by atoms with E-state index in [4.69, 9.17) is 4.74 Å². The number of nitrogens with one attached hydrogen (secondary N) is 1. The number of pyridine rings is 1. The Bertz CT molecular complexity index is 1040. The van der Waals surface area contributed by atoms with E-state index in [-0.39, 0.29) is 10.5 Å². The largest absolute Gasteiger partial charge is 0.457 e. The number of hydrogen-bond donors (Lipinski definition) is 1. The molecule has 3 aromatic rings. The molecule has 0 bridgehead atoms. The van der Waals surface area contributed by atoms with Gasteiger partial charge in [-0.1, -0.05) is 36.4 Å². The van der Waals surface area contributed by atoms with Crippen LogP contribution in [0.1, 0.15) is 5.56 Å². The third kappa shape index (κ3) is 3.37. The van der Waals surface area contributed by atoms with E-state index in [2.05, 4.69) is 4.98 Å². The van der Waals surface area contributed by atoms with Crippen molar-refractivity contribution in [2.24, 2.45) is 0 Å². The van der Waals surface area contributed by atoms with Crippen molar-refractivity contribution >= 4 is 10.8 Å². The molecule has 0 amide bonds. The van der Waals surface area contributed by atoms with Crippen molar-refractivity contribution in [1.29, 1.82) is 5.26 Å². The average Bonchev–Trinajstić information content (AvgIpc) is 2.63. The molecule has 0 saturated heterocycles. The van der Waals surface area contributed by atoms with Crippen LogP contribution in [0.5, 0.6) is 11.5 Å². The van der Waals surface area contributed by atoms with Crippen LogP contribution in [0.2, 0.25) is 0 Å². The number of H-pyrrole nitrogens is 1. The Morgan fingerprint density at radius 2 is 1.72 bits per heavy atom. The summed E-state index contributed by atoms with van der Waals surface area (Å²) in [5, 5.41) is 9.29. The summed E-state index contributed by atoms with van der Waals surface area (Å²) in [5.74, 6) is 1.19. The van der Waals surface area contributed by atoms with E-state index < -0.39 is 16.4 Å². The number of ether oxygens (including phenoxy) is 1. The fourth-order valence-corrected chi connectivity index (χ4v) is 3.41. The maximum atomic E-state index is 12.2. The summed E-state index contributed by atoms with van der Waals surface area (Å²) in [7, 11) is -1.52. The summed E-state index contributed by atoms with van der Waals surface area (Å²) in [6.45, 7) is 0. The molecule has 0 aliphatic heterocycles. The van der Waals surface area contributed by atoms with Gasteiger partial charge >= 0.3 is 0 Å². The molecule has 1 aromatic heterocycles. The summed E-state index contributed by atoms with van der Waals surface area (Å²) in [6.07, 6.45) is 2.91. The van der Waals surface area contributed by atoms with Crippen molar-refractivity contribution < 1.29 is 8.95 Å². The van der Waals surface area contributed by atoms with Gasteiger partial charge in [0.1, 0.15) is 23.1 Å². The van der Waals surface area contributed by atoms with Gasteiger partial charge in [0.05, 0.1) is 15.7 Å². The molecule has 1 heterocycles. The summed E-state index contributed by atoms with van der Waals surface area (Å²) >= 11 is 0. The van der Waals surface area contributed by atoms with Gasteiger partial charge in [0, 0.05) is 23.6 Å². The van der Waals surface area contributed by atoms with Gasteiger partial charge in [0.25, 0.3) is 5.56 Å². The summed E-state index contributed by atoms with van der Waals surface area (Å²) in [6, 6.07) is 18.3. The Labute approximate surface area is 147 Å². The van der Waals surface area contributed by atoms with Crippen molar-refractivity contribution in [3.8, 4) is 28.7 Å². The van der Waals surface area contributed by atoms with Crippen LogP contribution in [0.4, 0.5) is 0 Å². The molecular formula is C19H14N2O3S. The maximum absolute atomic E-state index is 12.2. The quantitative estimate of drug-likeness (QED) is 0.781. The maximum Gasteiger partial charge on any atom is 0.267 e. The van der Waals surface area contributed by atoms with E-state index in [0.717, 1.165) is 0 Å². The van der Waals surface area contributed by atoms with Gasteiger partial charge in [-0.3, -0.25) is 9.00 Å². The molecule has 0 spiro atoms. The highest BCUT2D eigenvalue weighted by atomic mass is 32.2. The second kappa shape index (κ2) is 7.16. The van der Waals surface area contributed by atoms with E-state index in [1.165, 1.54) is 12.5 Å². The Morgan fingerprint density at radius 1 is 1.04 bits per heavy atom. The van der Waals surface area contributed by atoms with Gasteiger partial charge in [-0.25, -0.2) is 0 Å². The van der Waals surface area contributed by atoms with E-state index in [1.807, 2.05) is 48.5 Å². The zero-order valence-electron chi connectivity index (χ0n) is 13.4. The Morgan fingerprint density at radius 3 is 2.40 bits per heavy atom. The first-order valence-corrected chi connectivity index (χ1v) is 8.99. The number of nitrogens with zero attached hydrogens (tertiary/aromatic N) is 1. The van der Waals surface area contributed by atoms with Gasteiger partial charge in [-0.15, -0.1) is 0 Å². The molecule has 0 aliphatic carbocycles. The normalized spacial score (nSPS) is 11.5. The fraction of sp³-hybridized carbons (Fsp3) is 0.0526. The first-order valence-electron chi connectivity index (χ1n) is 7.43. The molecule has 25 heavy (non-hydrogen) atoms. The lowest BCUT2D eigenvalue weighted by molar-refractivity contribution is 0.484. The van der Waals surface area contributed by atoms with Crippen LogP contribution in [-0.2, 0) is 10.8 Å². The molecule has 3 rings (SSSR count). The van der Waals surface area contributed by atoms with Gasteiger partial charge in [-0.2, -0.15) is 5.26 Å².